The van der Waals surface area contributed by atoms with E-state index < -0.39 is 21.2 Å². The second-order valence-corrected chi connectivity index (χ2v) is 11.0. The second-order valence-electron chi connectivity index (χ2n) is 8.98. The normalized spacial score (nSPS) is 34.7. The molecule has 5 rings (SSSR count). The molecule has 3 fully saturated rings. The lowest BCUT2D eigenvalue weighted by Crippen LogP contribution is -2.39. The third kappa shape index (κ3) is 2.10. The molecule has 1 aromatic carbocycles. The van der Waals surface area contributed by atoms with Crippen LogP contribution in [0.4, 0.5) is 0 Å². The average Bonchev–Trinajstić information content (AvgIpc) is 3.32. The highest BCUT2D eigenvalue weighted by Crippen LogP contribution is 2.70. The van der Waals surface area contributed by atoms with Crippen LogP contribution in [0.1, 0.15) is 44.2 Å². The molecule has 2 aliphatic carbocycles. The third-order valence-corrected chi connectivity index (χ3v) is 10.2. The van der Waals surface area contributed by atoms with E-state index >= 15 is 0 Å². The summed E-state index contributed by atoms with van der Waals surface area (Å²) in [7, 11) is -3.58. The van der Waals surface area contributed by atoms with Gasteiger partial charge in [0.05, 0.1) is 11.9 Å². The van der Waals surface area contributed by atoms with Crippen molar-refractivity contribution in [3.63, 3.8) is 0 Å². The summed E-state index contributed by atoms with van der Waals surface area (Å²) in [5.41, 5.74) is 1.71. The number of carbonyl (C=O) groups excluding carboxylic acids is 1. The second kappa shape index (κ2) is 5.37. The van der Waals surface area contributed by atoms with Gasteiger partial charge in [-0.05, 0) is 48.3 Å². The first-order valence-corrected chi connectivity index (χ1v) is 11.3. The minimum atomic E-state index is -3.58. The van der Waals surface area contributed by atoms with Crippen LogP contribution in [0.25, 0.3) is 6.08 Å². The maximum absolute atomic E-state index is 13.1. The van der Waals surface area contributed by atoms with Crippen molar-refractivity contribution in [1.29, 1.82) is 0 Å². The van der Waals surface area contributed by atoms with Crippen molar-refractivity contribution < 1.29 is 17.9 Å². The van der Waals surface area contributed by atoms with Crippen molar-refractivity contribution in [2.75, 3.05) is 13.2 Å². The molecule has 6 heteroatoms. The van der Waals surface area contributed by atoms with E-state index in [-0.39, 0.29) is 10.8 Å². The summed E-state index contributed by atoms with van der Waals surface area (Å²) in [5.74, 6) is 0.886. The molecular weight excluding hydrogens is 362 g/mol. The number of ether oxygens (including phenoxy) is 1. The predicted octanol–water partition coefficient (Wildman–Crippen LogP) is 3.00. The van der Waals surface area contributed by atoms with E-state index in [1.807, 2.05) is 18.2 Å². The molecule has 1 saturated heterocycles. The first-order chi connectivity index (χ1) is 12.8. The largest absolute Gasteiger partial charge is 0.493 e. The van der Waals surface area contributed by atoms with Crippen LogP contribution in [0.2, 0.25) is 0 Å². The number of sulfonamides is 1. The summed E-state index contributed by atoms with van der Waals surface area (Å²) in [6.07, 6.45) is 6.65. The van der Waals surface area contributed by atoms with Gasteiger partial charge in [-0.1, -0.05) is 26.0 Å². The van der Waals surface area contributed by atoms with Crippen molar-refractivity contribution in [2.45, 2.75) is 44.8 Å². The van der Waals surface area contributed by atoms with Crippen molar-refractivity contribution in [3.05, 3.63) is 35.4 Å². The summed E-state index contributed by atoms with van der Waals surface area (Å²) < 4.78 is 33.0. The van der Waals surface area contributed by atoms with Crippen LogP contribution < -0.4 is 4.74 Å². The molecule has 0 N–H and O–H groups in total. The fourth-order valence-corrected chi connectivity index (χ4v) is 8.71. The Morgan fingerprint density at radius 2 is 2.15 bits per heavy atom. The number of benzene rings is 1. The zero-order valence-corrected chi connectivity index (χ0v) is 16.6. The molecule has 2 heterocycles. The van der Waals surface area contributed by atoms with E-state index in [0.717, 1.165) is 40.4 Å². The molecule has 1 aromatic rings. The Morgan fingerprint density at radius 1 is 1.33 bits per heavy atom. The summed E-state index contributed by atoms with van der Waals surface area (Å²) in [6.45, 7) is 5.37. The summed E-state index contributed by atoms with van der Waals surface area (Å²) in [4.78, 5) is 12.9. The van der Waals surface area contributed by atoms with Gasteiger partial charge < -0.3 is 4.74 Å². The fraction of sp³-hybridized carbons (Fsp3) is 0.571. The average molecular weight is 388 g/mol. The van der Waals surface area contributed by atoms with E-state index in [9.17, 15) is 13.2 Å². The highest BCUT2D eigenvalue weighted by atomic mass is 32.2. The zero-order chi connectivity index (χ0) is 19.0. The van der Waals surface area contributed by atoms with Gasteiger partial charge in [-0.25, -0.2) is 12.7 Å². The van der Waals surface area contributed by atoms with Crippen LogP contribution in [0.3, 0.4) is 0 Å². The lowest BCUT2D eigenvalue weighted by Gasteiger charge is -2.36. The molecule has 0 aromatic heterocycles. The third-order valence-electron chi connectivity index (χ3n) is 7.88. The number of hydrogen-bond donors (Lipinski definition) is 0. The van der Waals surface area contributed by atoms with E-state index in [0.29, 0.717) is 25.5 Å². The molecular formula is C21H25NO4S. The van der Waals surface area contributed by atoms with Crippen LogP contribution >= 0.6 is 0 Å². The Morgan fingerprint density at radius 3 is 2.89 bits per heavy atom. The molecule has 5 nitrogen and oxygen atoms in total. The predicted molar refractivity (Wildman–Crippen MR) is 103 cm³/mol. The maximum Gasteiger partial charge on any atom is 0.260 e. The van der Waals surface area contributed by atoms with E-state index in [1.165, 1.54) is 6.08 Å². The summed E-state index contributed by atoms with van der Waals surface area (Å²) >= 11 is 0. The van der Waals surface area contributed by atoms with Crippen molar-refractivity contribution in [3.8, 4) is 5.75 Å². The lowest BCUT2D eigenvalue weighted by molar-refractivity contribution is -0.122. The Bertz CT molecular complexity index is 964. The van der Waals surface area contributed by atoms with Crippen LogP contribution in [-0.4, -0.2) is 37.0 Å². The summed E-state index contributed by atoms with van der Waals surface area (Å²) in [5, 5.41) is -0.398. The van der Waals surface area contributed by atoms with Gasteiger partial charge in [-0.3, -0.25) is 4.79 Å². The molecule has 144 valence electrons. The van der Waals surface area contributed by atoms with Gasteiger partial charge in [-0.15, -0.1) is 0 Å². The van der Waals surface area contributed by atoms with E-state index in [1.54, 1.807) is 6.08 Å². The lowest BCUT2D eigenvalue weighted by atomic mass is 9.69. The Balaban J connectivity index is 1.44. The molecule has 2 bridgehead atoms. The Labute approximate surface area is 160 Å². The first-order valence-electron chi connectivity index (χ1n) is 9.76. The molecule has 4 aliphatic rings. The molecule has 1 unspecified atom stereocenters. The molecule has 2 aliphatic heterocycles. The monoisotopic (exact) mass is 387 g/mol. The number of carbonyl (C=O) groups is 1. The smallest absolute Gasteiger partial charge is 0.260 e. The van der Waals surface area contributed by atoms with Crippen LogP contribution in [-0.2, 0) is 21.2 Å². The molecule has 3 atom stereocenters. The van der Waals surface area contributed by atoms with Crippen LogP contribution in [0, 0.1) is 16.7 Å². The van der Waals surface area contributed by atoms with Gasteiger partial charge in [0.1, 0.15) is 5.75 Å². The molecule has 27 heavy (non-hydrogen) atoms. The van der Waals surface area contributed by atoms with E-state index in [2.05, 4.69) is 13.8 Å². The number of amides is 1. The van der Waals surface area contributed by atoms with E-state index in [4.69, 9.17) is 4.74 Å². The highest BCUT2D eigenvalue weighted by Gasteiger charge is 2.72. The van der Waals surface area contributed by atoms with Gasteiger partial charge in [0, 0.05) is 30.0 Å². The SMILES string of the molecule is CC1(C)[C@@H]2CCC13CN(C(=O)C=Cc1cccc4c1CCO4)S(=O)(=O)[C@@H]3C2. The zero-order valence-electron chi connectivity index (χ0n) is 15.8. The van der Waals surface area contributed by atoms with Crippen molar-refractivity contribution in [2.24, 2.45) is 16.7 Å². The molecule has 2 saturated carbocycles. The summed E-state index contributed by atoms with van der Waals surface area (Å²) in [6, 6.07) is 5.75. The molecule has 1 spiro atoms. The van der Waals surface area contributed by atoms with Gasteiger partial charge >= 0.3 is 0 Å². The quantitative estimate of drug-likeness (QED) is 0.732. The van der Waals surface area contributed by atoms with Crippen molar-refractivity contribution in [1.82, 2.24) is 4.31 Å². The Kier molecular flexibility index (Phi) is 3.44. The van der Waals surface area contributed by atoms with Gasteiger partial charge in [0.2, 0.25) is 10.0 Å². The minimum absolute atomic E-state index is 0.0267. The standard InChI is InChI=1S/C21H25NO4S/c1-20(2)15-8-10-21(20)13-22(27(24,25)18(21)12-15)19(23)7-6-14-4-3-5-17-16(14)9-11-26-17/h3-7,15,18H,8-13H2,1-2H3/t15-,18-,21?/m1/s1. The molecule has 0 radical (unpaired) electrons. The van der Waals surface area contributed by atoms with Crippen LogP contribution in [0.15, 0.2) is 24.3 Å². The van der Waals surface area contributed by atoms with Crippen molar-refractivity contribution >= 4 is 22.0 Å². The number of rotatable bonds is 2. The van der Waals surface area contributed by atoms with Gasteiger partial charge in [0.15, 0.2) is 0 Å². The number of nitrogens with zero attached hydrogens (tertiary/aromatic N) is 1. The van der Waals surface area contributed by atoms with Gasteiger partial charge in [0.25, 0.3) is 5.91 Å². The van der Waals surface area contributed by atoms with Crippen LogP contribution in [0.5, 0.6) is 5.75 Å². The number of hydrogen-bond acceptors (Lipinski definition) is 4. The first kappa shape index (κ1) is 17.3. The molecule has 1 amide bonds. The minimum Gasteiger partial charge on any atom is -0.493 e. The Hall–Kier alpha value is -1.82. The van der Waals surface area contributed by atoms with Gasteiger partial charge in [-0.2, -0.15) is 0 Å². The fourth-order valence-electron chi connectivity index (χ4n) is 6.14. The topological polar surface area (TPSA) is 63.7 Å². The maximum atomic E-state index is 13.1. The number of fused-ring (bicyclic) bond motifs is 2. The highest BCUT2D eigenvalue weighted by molar-refractivity contribution is 7.90.